The molecule has 0 aliphatic carbocycles. The molecule has 0 saturated heterocycles. The molecule has 0 fully saturated rings. The van der Waals surface area contributed by atoms with Crippen LogP contribution in [0.4, 0.5) is 5.82 Å². The Kier molecular flexibility index (Phi) is 7.05. The van der Waals surface area contributed by atoms with Crippen LogP contribution in [0, 0.1) is 29.6 Å². The number of para-hydroxylation sites is 1. The first-order valence-electron chi connectivity index (χ1n) is 13.8. The van der Waals surface area contributed by atoms with Crippen molar-refractivity contribution in [3.8, 4) is 51.6 Å². The largest absolute Gasteiger partial charge is 0.384 e. The number of hydrogen-bond donors (Lipinski definition) is 1. The topological polar surface area (TPSA) is 157 Å². The van der Waals surface area contributed by atoms with E-state index in [2.05, 4.69) is 5.10 Å². The molecule has 0 aliphatic heterocycles. The fourth-order valence-electron chi connectivity index (χ4n) is 5.36. The first-order valence-corrected chi connectivity index (χ1v) is 13.8. The van der Waals surface area contributed by atoms with Crippen LogP contribution in [-0.4, -0.2) is 23.7 Å². The van der Waals surface area contributed by atoms with Gasteiger partial charge in [-0.15, -0.1) is 0 Å². The van der Waals surface area contributed by atoms with Crippen LogP contribution in [0.5, 0.6) is 0 Å². The molecule has 0 atom stereocenters. The van der Waals surface area contributed by atoms with E-state index >= 15 is 0 Å². The quantitative estimate of drug-likeness (QED) is 0.319. The first-order chi connectivity index (χ1) is 21.8. The Labute approximate surface area is 256 Å². The zero-order valence-electron chi connectivity index (χ0n) is 24.2. The Morgan fingerprint density at radius 2 is 1.33 bits per heavy atom. The lowest BCUT2D eigenvalue weighted by Crippen LogP contribution is -2.31. The third-order valence-corrected chi connectivity index (χ3v) is 7.66. The summed E-state index contributed by atoms with van der Waals surface area (Å²) in [6, 6.07) is 31.6. The Bertz CT molecular complexity index is 2370. The van der Waals surface area contributed by atoms with Gasteiger partial charge in [0.1, 0.15) is 34.8 Å². The lowest BCUT2D eigenvalue weighted by Gasteiger charge is -2.15. The predicted molar refractivity (Wildman–Crippen MR) is 169 cm³/mol. The Morgan fingerprint density at radius 1 is 0.711 bits per heavy atom. The molecule has 3 aromatic carbocycles. The van der Waals surface area contributed by atoms with Gasteiger partial charge in [-0.25, -0.2) is 4.68 Å². The van der Waals surface area contributed by atoms with Gasteiger partial charge in [0.15, 0.2) is 0 Å². The van der Waals surface area contributed by atoms with Gasteiger partial charge in [-0.3, -0.25) is 23.6 Å². The van der Waals surface area contributed by atoms with Crippen LogP contribution in [-0.2, 0) is 7.05 Å². The molecule has 0 amide bonds. The minimum atomic E-state index is -0.840. The molecule has 6 aromatic rings. The first kappa shape index (κ1) is 28.4. The summed E-state index contributed by atoms with van der Waals surface area (Å²) in [7, 11) is 1.66. The van der Waals surface area contributed by atoms with Gasteiger partial charge in [0.25, 0.3) is 16.7 Å². The number of hydrogen-bond acceptors (Lipinski definition) is 7. The Morgan fingerprint density at radius 3 is 1.96 bits per heavy atom. The molecule has 6 rings (SSSR count). The van der Waals surface area contributed by atoms with Gasteiger partial charge in [-0.1, -0.05) is 60.7 Å². The Balaban J connectivity index is 1.51. The van der Waals surface area contributed by atoms with Crippen LogP contribution in [0.1, 0.15) is 16.8 Å². The van der Waals surface area contributed by atoms with E-state index in [1.54, 1.807) is 73.3 Å². The number of nitrogen functional groups attached to an aromatic ring is 1. The second-order valence-corrected chi connectivity index (χ2v) is 10.2. The van der Waals surface area contributed by atoms with Crippen LogP contribution in [0.25, 0.3) is 39.4 Å². The molecule has 0 aliphatic rings. The fourth-order valence-corrected chi connectivity index (χ4v) is 5.36. The average molecular weight is 593 g/mol. The van der Waals surface area contributed by atoms with E-state index in [-0.39, 0.29) is 33.8 Å². The fraction of sp³-hybridized carbons (Fsp3) is 0.0588. The smallest absolute Gasteiger partial charge is 0.296 e. The summed E-state index contributed by atoms with van der Waals surface area (Å²) in [5, 5.41) is 24.9. The maximum Gasteiger partial charge on any atom is 0.296 e. The summed E-state index contributed by atoms with van der Waals surface area (Å²) >= 11 is 0. The highest BCUT2D eigenvalue weighted by atomic mass is 16.1. The molecule has 45 heavy (non-hydrogen) atoms. The van der Waals surface area contributed by atoms with E-state index in [0.717, 1.165) is 10.1 Å². The molecular weight excluding hydrogens is 568 g/mol. The van der Waals surface area contributed by atoms with Crippen molar-refractivity contribution in [2.24, 2.45) is 7.05 Å². The van der Waals surface area contributed by atoms with Crippen molar-refractivity contribution in [1.29, 1.82) is 10.5 Å². The van der Waals surface area contributed by atoms with Crippen LogP contribution < -0.4 is 22.4 Å². The molecule has 218 valence electrons. The summed E-state index contributed by atoms with van der Waals surface area (Å²) in [6.45, 7) is 1.65. The number of pyridine rings is 1. The number of nitriles is 2. The van der Waals surface area contributed by atoms with E-state index in [1.807, 2.05) is 48.5 Å². The molecule has 0 bridgehead atoms. The summed E-state index contributed by atoms with van der Waals surface area (Å²) in [4.78, 5) is 40.3. The predicted octanol–water partition coefficient (Wildman–Crippen LogP) is 3.84. The monoisotopic (exact) mass is 592 g/mol. The van der Waals surface area contributed by atoms with E-state index < -0.39 is 11.1 Å². The van der Waals surface area contributed by atoms with Crippen molar-refractivity contribution >= 4 is 5.82 Å². The highest BCUT2D eigenvalue weighted by molar-refractivity contribution is 5.81. The normalized spacial score (nSPS) is 10.8. The molecule has 2 N–H and O–H groups in total. The molecule has 11 heteroatoms. The minimum absolute atomic E-state index is 0.0283. The maximum atomic E-state index is 13.9. The van der Waals surface area contributed by atoms with Gasteiger partial charge < -0.3 is 5.73 Å². The molecule has 0 saturated carbocycles. The SMILES string of the molecule is Cc1c(-n2c(N)c(C#N)c(-c3ccc(-n4nc(-c5ccccc5)ccc4=O)cc3)c(C#N)c2=O)c(=O)n(-c2ccccc2)n1C. The number of nitrogens with two attached hydrogens (primary N) is 1. The lowest BCUT2D eigenvalue weighted by molar-refractivity contribution is 0.630. The van der Waals surface area contributed by atoms with Crippen molar-refractivity contribution in [3.63, 3.8) is 0 Å². The number of benzene rings is 3. The molecule has 3 heterocycles. The molecule has 0 radical (unpaired) electrons. The summed E-state index contributed by atoms with van der Waals surface area (Å²) in [5.74, 6) is -0.278. The highest BCUT2D eigenvalue weighted by Crippen LogP contribution is 2.31. The van der Waals surface area contributed by atoms with E-state index in [9.17, 15) is 24.9 Å². The highest BCUT2D eigenvalue weighted by Gasteiger charge is 2.27. The maximum absolute atomic E-state index is 13.9. The molecule has 0 spiro atoms. The van der Waals surface area contributed by atoms with Gasteiger partial charge in [0.05, 0.1) is 22.8 Å². The summed E-state index contributed by atoms with van der Waals surface area (Å²) in [5.41, 5.74) is 7.34. The zero-order chi connectivity index (χ0) is 31.8. The van der Waals surface area contributed by atoms with Crippen LogP contribution in [0.3, 0.4) is 0 Å². The van der Waals surface area contributed by atoms with Gasteiger partial charge in [0, 0.05) is 24.2 Å². The second kappa shape index (κ2) is 11.2. The molecule has 3 aromatic heterocycles. The van der Waals surface area contributed by atoms with Crippen molar-refractivity contribution in [3.05, 3.63) is 145 Å². The van der Waals surface area contributed by atoms with Crippen molar-refractivity contribution in [2.75, 3.05) is 5.73 Å². The van der Waals surface area contributed by atoms with Gasteiger partial charge >= 0.3 is 0 Å². The number of anilines is 1. The minimum Gasteiger partial charge on any atom is -0.384 e. The van der Waals surface area contributed by atoms with Crippen molar-refractivity contribution in [2.45, 2.75) is 6.92 Å². The second-order valence-electron chi connectivity index (χ2n) is 10.2. The van der Waals surface area contributed by atoms with E-state index in [4.69, 9.17) is 5.73 Å². The van der Waals surface area contributed by atoms with Crippen LogP contribution in [0.2, 0.25) is 0 Å². The van der Waals surface area contributed by atoms with Gasteiger partial charge in [-0.2, -0.15) is 20.3 Å². The van der Waals surface area contributed by atoms with E-state index in [1.165, 1.54) is 15.4 Å². The lowest BCUT2D eigenvalue weighted by atomic mass is 9.96. The van der Waals surface area contributed by atoms with Gasteiger partial charge in [0.2, 0.25) is 0 Å². The molecule has 0 unspecified atom stereocenters. The van der Waals surface area contributed by atoms with Crippen LogP contribution >= 0.6 is 0 Å². The van der Waals surface area contributed by atoms with Gasteiger partial charge in [-0.05, 0) is 42.8 Å². The van der Waals surface area contributed by atoms with Crippen LogP contribution in [0.15, 0.2) is 111 Å². The Hall–Kier alpha value is -6.72. The third-order valence-electron chi connectivity index (χ3n) is 7.66. The molecular formula is C34H24N8O3. The summed E-state index contributed by atoms with van der Waals surface area (Å²) < 4.78 is 5.13. The summed E-state index contributed by atoms with van der Waals surface area (Å²) in [6.07, 6.45) is 0. The van der Waals surface area contributed by atoms with E-state index in [0.29, 0.717) is 28.3 Å². The average Bonchev–Trinajstić information content (AvgIpc) is 3.29. The molecule has 11 nitrogen and oxygen atoms in total. The van der Waals surface area contributed by atoms with Crippen molar-refractivity contribution < 1.29 is 0 Å². The number of nitrogens with zero attached hydrogens (tertiary/aromatic N) is 7. The van der Waals surface area contributed by atoms with Crippen molar-refractivity contribution in [1.82, 2.24) is 23.7 Å². The number of aromatic nitrogens is 5. The third kappa shape index (κ3) is 4.61. The zero-order valence-corrected chi connectivity index (χ0v) is 24.2. The number of rotatable bonds is 5. The standard InChI is InChI=1S/C34H24N8O3/c1-21-31(34(45)42(39(21)2)25-11-7-4-8-12-25)40-32(37)26(19-35)30(27(20-36)33(40)44)23-13-15-24(16-14-23)41-29(43)18-17-28(38-41)22-9-5-3-6-10-22/h3-18H,37H2,1-2H3.